The lowest BCUT2D eigenvalue weighted by atomic mass is 10.1. The molecular weight excluding hydrogens is 277 g/mol. The van der Waals surface area contributed by atoms with Crippen molar-refractivity contribution < 1.29 is 9.18 Å². The van der Waals surface area contributed by atoms with Crippen molar-refractivity contribution in [2.24, 2.45) is 5.73 Å². The van der Waals surface area contributed by atoms with Crippen molar-refractivity contribution in [1.82, 2.24) is 4.90 Å². The van der Waals surface area contributed by atoms with Crippen molar-refractivity contribution in [2.45, 2.75) is 26.8 Å². The van der Waals surface area contributed by atoms with Crippen LogP contribution >= 0.6 is 12.2 Å². The monoisotopic (exact) mass is 297 g/mol. The van der Waals surface area contributed by atoms with Gasteiger partial charge in [0.15, 0.2) is 0 Å². The standard InChI is InChI=1S/C14H20FN3OS/c1-4-18(5-2)14(19)9(3)17-12-7-6-10(13(16)20)8-11(12)15/h6-9,17H,4-5H2,1-3H3,(H2,16,20). The van der Waals surface area contributed by atoms with Gasteiger partial charge in [-0.1, -0.05) is 12.2 Å². The van der Waals surface area contributed by atoms with Gasteiger partial charge >= 0.3 is 0 Å². The molecule has 0 aliphatic rings. The Bertz CT molecular complexity index is 503. The average molecular weight is 297 g/mol. The molecule has 1 aromatic carbocycles. The van der Waals surface area contributed by atoms with E-state index in [2.05, 4.69) is 5.32 Å². The molecule has 0 saturated carbocycles. The van der Waals surface area contributed by atoms with Gasteiger partial charge in [-0.05, 0) is 39.0 Å². The number of anilines is 1. The molecule has 1 aromatic rings. The van der Waals surface area contributed by atoms with E-state index in [1.54, 1.807) is 17.9 Å². The Morgan fingerprint density at radius 1 is 1.45 bits per heavy atom. The largest absolute Gasteiger partial charge is 0.389 e. The summed E-state index contributed by atoms with van der Waals surface area (Å²) < 4.78 is 13.9. The van der Waals surface area contributed by atoms with Crippen LogP contribution in [0.4, 0.5) is 10.1 Å². The zero-order valence-corrected chi connectivity index (χ0v) is 12.8. The highest BCUT2D eigenvalue weighted by Crippen LogP contribution is 2.17. The van der Waals surface area contributed by atoms with Crippen molar-refractivity contribution in [1.29, 1.82) is 0 Å². The summed E-state index contributed by atoms with van der Waals surface area (Å²) in [5.74, 6) is -0.540. The average Bonchev–Trinajstić information content (AvgIpc) is 2.41. The minimum atomic E-state index is -0.500. The van der Waals surface area contributed by atoms with E-state index in [9.17, 15) is 9.18 Å². The summed E-state index contributed by atoms with van der Waals surface area (Å²) in [6.07, 6.45) is 0. The molecule has 0 fully saturated rings. The van der Waals surface area contributed by atoms with Gasteiger partial charge in [0.05, 0.1) is 5.69 Å². The molecule has 0 aromatic heterocycles. The summed E-state index contributed by atoms with van der Waals surface area (Å²) in [6, 6.07) is 3.93. The second-order valence-corrected chi connectivity index (χ2v) is 4.88. The van der Waals surface area contributed by atoms with Crippen LogP contribution in [0, 0.1) is 5.82 Å². The molecule has 1 atom stereocenters. The van der Waals surface area contributed by atoms with Crippen LogP contribution < -0.4 is 11.1 Å². The zero-order valence-electron chi connectivity index (χ0n) is 11.9. The lowest BCUT2D eigenvalue weighted by Crippen LogP contribution is -2.41. The number of amides is 1. The molecule has 0 aliphatic carbocycles. The number of hydrogen-bond donors (Lipinski definition) is 2. The van der Waals surface area contributed by atoms with Crippen LogP contribution in [0.5, 0.6) is 0 Å². The summed E-state index contributed by atoms with van der Waals surface area (Å²) >= 11 is 4.79. The first-order valence-corrected chi connectivity index (χ1v) is 6.96. The molecular formula is C14H20FN3OS. The lowest BCUT2D eigenvalue weighted by molar-refractivity contribution is -0.131. The zero-order chi connectivity index (χ0) is 15.3. The number of carbonyl (C=O) groups excluding carboxylic acids is 1. The maximum absolute atomic E-state index is 13.9. The number of nitrogens with two attached hydrogens (primary N) is 1. The van der Waals surface area contributed by atoms with Crippen molar-refractivity contribution in [3.63, 3.8) is 0 Å². The van der Waals surface area contributed by atoms with Gasteiger partial charge < -0.3 is 16.0 Å². The predicted octanol–water partition coefficient (Wildman–Crippen LogP) is 2.13. The molecule has 0 bridgehead atoms. The molecule has 0 spiro atoms. The first-order chi connectivity index (χ1) is 9.40. The van der Waals surface area contributed by atoms with Crippen molar-refractivity contribution >= 4 is 28.8 Å². The minimum Gasteiger partial charge on any atom is -0.389 e. The van der Waals surface area contributed by atoms with Crippen molar-refractivity contribution in [2.75, 3.05) is 18.4 Å². The fourth-order valence-electron chi connectivity index (χ4n) is 1.89. The van der Waals surface area contributed by atoms with Crippen molar-refractivity contribution in [3.8, 4) is 0 Å². The van der Waals surface area contributed by atoms with Crippen LogP contribution in [0.3, 0.4) is 0 Å². The van der Waals surface area contributed by atoms with Gasteiger partial charge in [0.25, 0.3) is 0 Å². The second-order valence-electron chi connectivity index (χ2n) is 4.44. The Hall–Kier alpha value is -1.69. The lowest BCUT2D eigenvalue weighted by Gasteiger charge is -2.24. The smallest absolute Gasteiger partial charge is 0.244 e. The summed E-state index contributed by atoms with van der Waals surface area (Å²) in [5, 5.41) is 2.87. The summed E-state index contributed by atoms with van der Waals surface area (Å²) in [7, 11) is 0. The Balaban J connectivity index is 2.83. The third-order valence-corrected chi connectivity index (χ3v) is 3.31. The van der Waals surface area contributed by atoms with Crippen LogP contribution in [0.25, 0.3) is 0 Å². The van der Waals surface area contributed by atoms with E-state index < -0.39 is 11.9 Å². The van der Waals surface area contributed by atoms with E-state index in [-0.39, 0.29) is 16.6 Å². The Morgan fingerprint density at radius 2 is 2.05 bits per heavy atom. The van der Waals surface area contributed by atoms with E-state index in [0.717, 1.165) is 0 Å². The SMILES string of the molecule is CCN(CC)C(=O)C(C)Nc1ccc(C(N)=S)cc1F. The van der Waals surface area contributed by atoms with E-state index in [0.29, 0.717) is 18.7 Å². The maximum atomic E-state index is 13.9. The van der Waals surface area contributed by atoms with Gasteiger partial charge in [-0.25, -0.2) is 4.39 Å². The van der Waals surface area contributed by atoms with E-state index in [1.807, 2.05) is 13.8 Å². The third-order valence-electron chi connectivity index (χ3n) is 3.07. The number of carbonyl (C=O) groups is 1. The number of nitrogens with zero attached hydrogens (tertiary/aromatic N) is 1. The second kappa shape index (κ2) is 7.19. The number of nitrogens with one attached hydrogen (secondary N) is 1. The number of rotatable bonds is 6. The summed E-state index contributed by atoms with van der Waals surface area (Å²) in [5.41, 5.74) is 6.17. The molecule has 0 saturated heterocycles. The Labute approximate surface area is 124 Å². The third kappa shape index (κ3) is 3.90. The molecule has 110 valence electrons. The molecule has 6 heteroatoms. The van der Waals surface area contributed by atoms with Gasteiger partial charge in [-0.2, -0.15) is 0 Å². The van der Waals surface area contributed by atoms with Crippen LogP contribution in [-0.2, 0) is 4.79 Å². The summed E-state index contributed by atoms with van der Waals surface area (Å²) in [6.45, 7) is 6.79. The van der Waals surface area contributed by atoms with Crippen molar-refractivity contribution in [3.05, 3.63) is 29.6 Å². The highest BCUT2D eigenvalue weighted by atomic mass is 32.1. The molecule has 0 radical (unpaired) electrons. The molecule has 0 aliphatic heterocycles. The van der Waals surface area contributed by atoms with Crippen LogP contribution in [-0.4, -0.2) is 34.9 Å². The highest BCUT2D eigenvalue weighted by molar-refractivity contribution is 7.80. The fraction of sp³-hybridized carbons (Fsp3) is 0.429. The van der Waals surface area contributed by atoms with Gasteiger partial charge in [-0.15, -0.1) is 0 Å². The van der Waals surface area contributed by atoms with Gasteiger partial charge in [0.2, 0.25) is 5.91 Å². The van der Waals surface area contributed by atoms with Crippen LogP contribution in [0.1, 0.15) is 26.3 Å². The summed E-state index contributed by atoms with van der Waals surface area (Å²) in [4.78, 5) is 13.9. The van der Waals surface area contributed by atoms with E-state index in [4.69, 9.17) is 18.0 Å². The van der Waals surface area contributed by atoms with Crippen LogP contribution in [0.2, 0.25) is 0 Å². The minimum absolute atomic E-state index is 0.0622. The van der Waals surface area contributed by atoms with Gasteiger partial charge in [-0.3, -0.25) is 4.79 Å². The number of thiocarbonyl (C=S) groups is 1. The van der Waals surface area contributed by atoms with Crippen LogP contribution in [0.15, 0.2) is 18.2 Å². The maximum Gasteiger partial charge on any atom is 0.244 e. The Morgan fingerprint density at radius 3 is 2.50 bits per heavy atom. The Kier molecular flexibility index (Phi) is 5.88. The number of benzene rings is 1. The van der Waals surface area contributed by atoms with Gasteiger partial charge in [0, 0.05) is 18.7 Å². The topological polar surface area (TPSA) is 58.4 Å². The van der Waals surface area contributed by atoms with E-state index in [1.165, 1.54) is 12.1 Å². The number of halogens is 1. The predicted molar refractivity (Wildman–Crippen MR) is 83.3 cm³/mol. The molecule has 1 amide bonds. The molecule has 20 heavy (non-hydrogen) atoms. The quantitative estimate of drug-likeness (QED) is 0.790. The first kappa shape index (κ1) is 16.4. The van der Waals surface area contributed by atoms with Gasteiger partial charge in [0.1, 0.15) is 16.8 Å². The number of hydrogen-bond acceptors (Lipinski definition) is 3. The molecule has 4 nitrogen and oxygen atoms in total. The fourth-order valence-corrected chi connectivity index (χ4v) is 2.02. The molecule has 0 heterocycles. The first-order valence-electron chi connectivity index (χ1n) is 6.55. The van der Waals surface area contributed by atoms with E-state index >= 15 is 0 Å². The highest BCUT2D eigenvalue weighted by Gasteiger charge is 2.19. The normalized spacial score (nSPS) is 11.8. The molecule has 1 unspecified atom stereocenters. The molecule has 1 rings (SSSR count). The number of likely N-dealkylation sites (N-methyl/N-ethyl adjacent to an activating group) is 1. The molecule has 3 N–H and O–H groups in total.